The molecule has 0 aliphatic heterocycles. The molecule has 6 nitrogen and oxygen atoms in total. The van der Waals surface area contributed by atoms with Gasteiger partial charge in [-0.15, -0.1) is 22.7 Å². The fourth-order valence-corrected chi connectivity index (χ4v) is 15.4. The van der Waals surface area contributed by atoms with Gasteiger partial charge in [0.25, 0.3) is 0 Å². The lowest BCUT2D eigenvalue weighted by Gasteiger charge is -2.26. The molecule has 0 amide bonds. The van der Waals surface area contributed by atoms with Gasteiger partial charge < -0.3 is 19.3 Å². The number of anilines is 6. The monoisotopic (exact) mass is 1310 g/mol. The Morgan fingerprint density at radius 1 is 0.292 bits per heavy atom. The van der Waals surface area contributed by atoms with Crippen LogP contribution >= 0.6 is 22.7 Å². The fourth-order valence-electron chi connectivity index (χ4n) is 13.4. The van der Waals surface area contributed by atoms with Crippen LogP contribution in [0, 0.1) is 0 Å². The van der Waals surface area contributed by atoms with E-state index in [9.17, 15) is 9.59 Å². The first-order chi connectivity index (χ1) is 47.2. The van der Waals surface area contributed by atoms with Crippen LogP contribution in [0.1, 0.15) is 178 Å². The quantitative estimate of drug-likeness (QED) is 0.0132. The largest absolute Gasteiger partial charge is 0.462 e. The van der Waals surface area contributed by atoms with Crippen molar-refractivity contribution in [3.05, 3.63) is 245 Å². The van der Waals surface area contributed by atoms with E-state index in [4.69, 9.17) is 9.47 Å². The summed E-state index contributed by atoms with van der Waals surface area (Å²) in [5.74, 6) is -1.40. The first-order valence-corrected chi connectivity index (χ1v) is 37.6. The van der Waals surface area contributed by atoms with Crippen LogP contribution in [-0.2, 0) is 44.7 Å². The van der Waals surface area contributed by atoms with Crippen LogP contribution in [0.15, 0.2) is 212 Å². The van der Waals surface area contributed by atoms with Gasteiger partial charge in [0, 0.05) is 59.2 Å². The van der Waals surface area contributed by atoms with Crippen molar-refractivity contribution in [3.63, 3.8) is 0 Å². The number of thiophene rings is 2. The lowest BCUT2D eigenvalue weighted by molar-refractivity contribution is -0.146. The number of carbonyl (C=O) groups excluding carboxylic acids is 2. The standard InChI is InChI=1S/C88H96N2O4S2/c1-7-13-17-21-25-63-29-43-71(44-30-63)89(72-45-31-64(32-46-72)26-22-18-14-8-2)75-51-37-67(38-52-75)81-57-59-83(95-81)69-41-55-77-78-56-42-70(62-80(78)85(79(77)61-69)86(87(91)93-11-5)88(92)94-12-6)84-60-58-82(96-84)68-39-53-76(54-40-68)90(73-47-33-65(34-48-73)27-23-19-15-9-3)74-49-35-66(36-50-74)28-24-20-16-10-4/h29-62H,7-28H2,1-6H3. The number of rotatable bonds is 34. The zero-order valence-corrected chi connectivity index (χ0v) is 59.2. The molecular formula is C88H96N2O4S2. The molecule has 1 aliphatic rings. The molecule has 10 aromatic rings. The Morgan fingerprint density at radius 2 is 0.552 bits per heavy atom. The molecule has 0 fully saturated rings. The van der Waals surface area contributed by atoms with Gasteiger partial charge in [0.2, 0.25) is 0 Å². The molecular weight excluding hydrogens is 1210 g/mol. The third-order valence-corrected chi connectivity index (χ3v) is 21.1. The second-order valence-electron chi connectivity index (χ2n) is 25.7. The first-order valence-electron chi connectivity index (χ1n) is 35.9. The number of carbonyl (C=O) groups is 2. The van der Waals surface area contributed by atoms with Gasteiger partial charge in [0.05, 0.1) is 13.2 Å². The van der Waals surface area contributed by atoms with Gasteiger partial charge in [-0.25, -0.2) is 9.59 Å². The second kappa shape index (κ2) is 34.4. The lowest BCUT2D eigenvalue weighted by atomic mass is 9.95. The Bertz CT molecular complexity index is 3780. The number of benzene rings is 8. The molecule has 96 heavy (non-hydrogen) atoms. The average Bonchev–Trinajstić information content (AvgIpc) is 1.58. The van der Waals surface area contributed by atoms with Crippen molar-refractivity contribution in [1.82, 2.24) is 0 Å². The highest BCUT2D eigenvalue weighted by Gasteiger charge is 2.35. The molecule has 8 heteroatoms. The Hall–Kier alpha value is -8.56. The number of hydrogen-bond acceptors (Lipinski definition) is 8. The summed E-state index contributed by atoms with van der Waals surface area (Å²) in [6, 6.07) is 76.2. The van der Waals surface area contributed by atoms with Gasteiger partial charge in [-0.2, -0.15) is 0 Å². The summed E-state index contributed by atoms with van der Waals surface area (Å²) in [6.07, 6.45) is 24.5. The summed E-state index contributed by atoms with van der Waals surface area (Å²) in [4.78, 5) is 37.6. The summed E-state index contributed by atoms with van der Waals surface area (Å²) in [5, 5.41) is 0. The van der Waals surface area contributed by atoms with Crippen LogP contribution in [0.4, 0.5) is 34.1 Å². The molecule has 0 spiro atoms. The van der Waals surface area contributed by atoms with Crippen LogP contribution in [0.3, 0.4) is 0 Å². The van der Waals surface area contributed by atoms with Crippen molar-refractivity contribution in [3.8, 4) is 52.9 Å². The molecule has 0 saturated heterocycles. The Labute approximate surface area is 580 Å². The van der Waals surface area contributed by atoms with Crippen LogP contribution in [-0.4, -0.2) is 25.2 Å². The maximum absolute atomic E-state index is 14.2. The maximum Gasteiger partial charge on any atom is 0.346 e. The predicted molar refractivity (Wildman–Crippen MR) is 409 cm³/mol. The molecule has 0 unspecified atom stereocenters. The second-order valence-corrected chi connectivity index (χ2v) is 27.9. The zero-order chi connectivity index (χ0) is 66.6. The molecule has 0 atom stereocenters. The van der Waals surface area contributed by atoms with Crippen molar-refractivity contribution < 1.29 is 19.1 Å². The van der Waals surface area contributed by atoms with Crippen LogP contribution in [0.2, 0.25) is 0 Å². The predicted octanol–water partition coefficient (Wildman–Crippen LogP) is 25.8. The van der Waals surface area contributed by atoms with E-state index >= 15 is 0 Å². The number of ether oxygens (including phenoxy) is 2. The highest BCUT2D eigenvalue weighted by molar-refractivity contribution is 7.19. The van der Waals surface area contributed by atoms with E-state index in [-0.39, 0.29) is 18.8 Å². The van der Waals surface area contributed by atoms with Crippen molar-refractivity contribution >= 4 is 74.3 Å². The Kier molecular flexibility index (Phi) is 24.7. The molecule has 0 bridgehead atoms. The number of unbranched alkanes of at least 4 members (excludes halogenated alkanes) is 12. The van der Waals surface area contributed by atoms with Crippen LogP contribution < -0.4 is 9.80 Å². The van der Waals surface area contributed by atoms with Crippen molar-refractivity contribution in [2.24, 2.45) is 0 Å². The Morgan fingerprint density at radius 3 is 0.823 bits per heavy atom. The van der Waals surface area contributed by atoms with E-state index in [0.29, 0.717) is 5.57 Å². The van der Waals surface area contributed by atoms with Gasteiger partial charge in [-0.3, -0.25) is 0 Å². The summed E-state index contributed by atoms with van der Waals surface area (Å²) in [7, 11) is 0. The lowest BCUT2D eigenvalue weighted by Crippen LogP contribution is -2.20. The number of aryl methyl sites for hydroxylation is 4. The fraction of sp³-hybridized carbons (Fsp3) is 0.318. The minimum Gasteiger partial charge on any atom is -0.462 e. The number of hydrogen-bond donors (Lipinski definition) is 0. The average molecular weight is 1310 g/mol. The highest BCUT2D eigenvalue weighted by Crippen LogP contribution is 2.51. The molecule has 2 heterocycles. The van der Waals surface area contributed by atoms with Crippen LogP contribution in [0.5, 0.6) is 0 Å². The summed E-state index contributed by atoms with van der Waals surface area (Å²) in [6.45, 7) is 12.8. The molecule has 2 aromatic heterocycles. The summed E-state index contributed by atoms with van der Waals surface area (Å²) in [5.41, 5.74) is 20.4. The van der Waals surface area contributed by atoms with Gasteiger partial charge in [0.1, 0.15) is 0 Å². The maximum atomic E-state index is 14.2. The van der Waals surface area contributed by atoms with Gasteiger partial charge >= 0.3 is 11.9 Å². The van der Waals surface area contributed by atoms with Gasteiger partial charge in [-0.1, -0.05) is 202 Å². The molecule has 11 rings (SSSR count). The normalized spacial score (nSPS) is 11.6. The smallest absolute Gasteiger partial charge is 0.346 e. The minimum atomic E-state index is -0.698. The molecule has 0 N–H and O–H groups in total. The van der Waals surface area contributed by atoms with Crippen molar-refractivity contribution in [1.29, 1.82) is 0 Å². The molecule has 0 radical (unpaired) electrons. The van der Waals surface area contributed by atoms with E-state index in [0.717, 1.165) is 124 Å². The molecule has 8 aromatic carbocycles. The molecule has 494 valence electrons. The number of esters is 2. The highest BCUT2D eigenvalue weighted by atomic mass is 32.1. The molecule has 0 saturated carbocycles. The third kappa shape index (κ3) is 17.0. The van der Waals surface area contributed by atoms with E-state index in [1.807, 2.05) is 0 Å². The van der Waals surface area contributed by atoms with Crippen LogP contribution in [0.25, 0.3) is 58.5 Å². The first kappa shape index (κ1) is 68.8. The van der Waals surface area contributed by atoms with E-state index in [1.165, 1.54) is 125 Å². The topological polar surface area (TPSA) is 59.1 Å². The van der Waals surface area contributed by atoms with Crippen molar-refractivity contribution in [2.75, 3.05) is 23.0 Å². The van der Waals surface area contributed by atoms with E-state index in [2.05, 4.69) is 244 Å². The minimum absolute atomic E-state index is 0.0941. The number of fused-ring (bicyclic) bond motifs is 3. The zero-order valence-electron chi connectivity index (χ0n) is 57.5. The van der Waals surface area contributed by atoms with Crippen molar-refractivity contribution in [2.45, 2.75) is 170 Å². The van der Waals surface area contributed by atoms with Gasteiger partial charge in [0.15, 0.2) is 5.57 Å². The number of nitrogens with zero attached hydrogens (tertiary/aromatic N) is 2. The SMILES string of the molecule is CCCCCCc1ccc(N(c2ccc(CCCCCC)cc2)c2ccc(-c3ccc(-c4ccc5c(c4)C(=C(C(=O)OCC)C(=O)OCC)c4cc(-c6ccc(-c7ccc(N(c8ccc(CCCCCC)cc8)c8ccc(CCCCCC)cc8)cc7)s6)ccc4-5)s3)cc2)cc1. The van der Waals surface area contributed by atoms with Gasteiger partial charge in [-0.05, 0) is 241 Å². The molecule has 1 aliphatic carbocycles. The Balaban J connectivity index is 0.864. The summed E-state index contributed by atoms with van der Waals surface area (Å²) < 4.78 is 11.4. The third-order valence-electron chi connectivity index (χ3n) is 18.7. The van der Waals surface area contributed by atoms with E-state index in [1.54, 1.807) is 36.5 Å². The van der Waals surface area contributed by atoms with E-state index < -0.39 is 11.9 Å². The summed E-state index contributed by atoms with van der Waals surface area (Å²) >= 11 is 3.46.